The molecule has 0 aromatic heterocycles. The average molecular weight is 934 g/mol. The number of ketones is 2. The van der Waals surface area contributed by atoms with E-state index in [9.17, 15) is 19.2 Å². The van der Waals surface area contributed by atoms with Crippen molar-refractivity contribution in [2.75, 3.05) is 20.2 Å². The van der Waals surface area contributed by atoms with Gasteiger partial charge >= 0.3 is 0 Å². The molecule has 65 heavy (non-hydrogen) atoms. The summed E-state index contributed by atoms with van der Waals surface area (Å²) in [7, 11) is 1.70. The van der Waals surface area contributed by atoms with Crippen molar-refractivity contribution in [2.24, 2.45) is 56.7 Å². The van der Waals surface area contributed by atoms with E-state index in [1.54, 1.807) is 13.3 Å². The standard InChI is InChI=1S/C27H37ClN2O2.C25H35ClO2.C2H6N2O/c1-16(12-13-27(7)17(2)9-11-24(31)21(27)6)8-10-22-18(3)23(14-30-15-25(29)32)20(5)26(28)19(22)4;1-15(13-14-25(7)16(2)10-12-22(27)20(25)6)9-11-21-17(3)23(26)19(5)24(28-8)18(21)4;3-1-2(4)5/h8,12-14,17,21H,9-11,15H2,1-7H3,(H2,29,32);9,13-14,16,20H,10-12H2,1-8H3;1,3H2,(H2,4,5)/b13-12+,16-8+,30-14?;14-13+,15-9+;/t17-,21+,27+;16-,20+,25+;/m11./s1. The molecule has 2 aliphatic carbocycles. The van der Waals surface area contributed by atoms with Gasteiger partial charge in [-0.25, -0.2) is 0 Å². The predicted octanol–water partition coefficient (Wildman–Crippen LogP) is 11.2. The van der Waals surface area contributed by atoms with Gasteiger partial charge in [-0.15, -0.1) is 0 Å². The van der Waals surface area contributed by atoms with Crippen LogP contribution in [-0.2, 0) is 32.0 Å². The van der Waals surface area contributed by atoms with Gasteiger partial charge in [-0.1, -0.05) is 112 Å². The van der Waals surface area contributed by atoms with Crippen LogP contribution in [0.4, 0.5) is 0 Å². The molecule has 2 aliphatic rings. The SMILES string of the molecule is CC(/C=C/[C@@]1(C)[C@H](C)CCC(=O)[C@@H]1C)=C\Cc1c(C)c(Cl)c(C)c(C=NCC(N)=O)c1C.COc1c(C)c(Cl)c(C)c(C/C=C(C)/C=C/[C@@]2(C)[C@H](C)CCC(=O)[C@@H]2C)c1C.NCC(N)=O. The molecule has 0 aliphatic heterocycles. The first kappa shape index (κ1) is 56.8. The largest absolute Gasteiger partial charge is 0.496 e. The van der Waals surface area contributed by atoms with Gasteiger partial charge in [0.05, 0.1) is 18.7 Å². The molecule has 0 radical (unpaired) electrons. The molecule has 2 aromatic carbocycles. The summed E-state index contributed by atoms with van der Waals surface area (Å²) in [5, 5.41) is 1.51. The van der Waals surface area contributed by atoms with Crippen molar-refractivity contribution in [3.8, 4) is 5.75 Å². The number of hydrogen-bond donors (Lipinski definition) is 3. The van der Waals surface area contributed by atoms with Crippen LogP contribution < -0.4 is 21.9 Å². The van der Waals surface area contributed by atoms with Crippen molar-refractivity contribution in [3.05, 3.63) is 108 Å². The molecule has 2 fully saturated rings. The van der Waals surface area contributed by atoms with Crippen molar-refractivity contribution in [2.45, 2.75) is 135 Å². The maximum absolute atomic E-state index is 12.3. The summed E-state index contributed by atoms with van der Waals surface area (Å²) < 4.78 is 5.58. The van der Waals surface area contributed by atoms with E-state index in [1.165, 1.54) is 11.1 Å². The van der Waals surface area contributed by atoms with Crippen LogP contribution in [0.25, 0.3) is 0 Å². The number of halogens is 2. The van der Waals surface area contributed by atoms with Crippen LogP contribution in [0.5, 0.6) is 5.75 Å². The number of benzene rings is 2. The molecule has 0 spiro atoms. The summed E-state index contributed by atoms with van der Waals surface area (Å²) in [5.41, 5.74) is 26.3. The maximum Gasteiger partial charge on any atom is 0.239 e. The quantitative estimate of drug-likeness (QED) is 0.133. The molecule has 2 saturated carbocycles. The summed E-state index contributed by atoms with van der Waals surface area (Å²) in [4.78, 5) is 49.2. The van der Waals surface area contributed by atoms with Crippen LogP contribution in [0.3, 0.4) is 0 Å². The zero-order chi connectivity index (χ0) is 49.7. The minimum absolute atomic E-state index is 0.0398. The van der Waals surface area contributed by atoms with E-state index >= 15 is 0 Å². The fourth-order valence-electron chi connectivity index (χ4n) is 9.03. The monoisotopic (exact) mass is 933 g/mol. The summed E-state index contributed by atoms with van der Waals surface area (Å²) in [6, 6.07) is 0. The predicted molar refractivity (Wildman–Crippen MR) is 272 cm³/mol. The Kier molecular flexibility index (Phi) is 21.9. The fourth-order valence-corrected chi connectivity index (χ4v) is 9.45. The first-order valence-electron chi connectivity index (χ1n) is 22.9. The van der Waals surface area contributed by atoms with Crippen molar-refractivity contribution in [1.82, 2.24) is 0 Å². The van der Waals surface area contributed by atoms with Crippen LogP contribution >= 0.6 is 23.2 Å². The number of carbonyl (C=O) groups excluding carboxylic acids is 4. The molecular weight excluding hydrogens is 856 g/mol. The second kappa shape index (κ2) is 25.0. The van der Waals surface area contributed by atoms with Gasteiger partial charge in [0.2, 0.25) is 11.8 Å². The molecule has 2 aromatic rings. The normalized spacial score (nSPS) is 24.0. The Bertz CT molecular complexity index is 2240. The minimum Gasteiger partial charge on any atom is -0.496 e. The first-order chi connectivity index (χ1) is 30.2. The van der Waals surface area contributed by atoms with E-state index in [2.05, 4.69) is 123 Å². The molecule has 2 amide bonds. The number of aliphatic imine (C=N–C) groups is 1. The number of allylic oxidation sites excluding steroid dienone is 8. The van der Waals surface area contributed by atoms with E-state index < -0.39 is 11.8 Å². The van der Waals surface area contributed by atoms with E-state index in [-0.39, 0.29) is 35.8 Å². The van der Waals surface area contributed by atoms with E-state index in [0.29, 0.717) is 29.8 Å². The van der Waals surface area contributed by atoms with Crippen molar-refractivity contribution in [3.63, 3.8) is 0 Å². The topological polar surface area (TPSA) is 168 Å². The lowest BCUT2D eigenvalue weighted by molar-refractivity contribution is -0.130. The number of nitrogens with two attached hydrogens (primary N) is 3. The Morgan fingerprint density at radius 3 is 1.48 bits per heavy atom. The Labute approximate surface area is 400 Å². The number of nitrogens with zero attached hydrogens (tertiary/aromatic N) is 1. The second-order valence-corrected chi connectivity index (χ2v) is 19.6. The highest BCUT2D eigenvalue weighted by atomic mass is 35.5. The minimum atomic E-state index is -0.468. The third-order valence-electron chi connectivity index (χ3n) is 14.8. The van der Waals surface area contributed by atoms with Crippen LogP contribution in [0.15, 0.2) is 52.6 Å². The zero-order valence-electron chi connectivity index (χ0n) is 42.0. The summed E-state index contributed by atoms with van der Waals surface area (Å²) >= 11 is 13.2. The number of hydrogen-bond acceptors (Lipinski definition) is 7. The van der Waals surface area contributed by atoms with Gasteiger partial charge in [0, 0.05) is 41.5 Å². The summed E-state index contributed by atoms with van der Waals surface area (Å²) in [6.07, 6.45) is 19.9. The number of Topliss-reactive ketones (excluding diaryl/α,β-unsaturated/α-hetero) is 2. The van der Waals surface area contributed by atoms with Crippen molar-refractivity contribution < 1.29 is 23.9 Å². The molecule has 0 heterocycles. The summed E-state index contributed by atoms with van der Waals surface area (Å²) in [6.45, 7) is 29.4. The Hall–Kier alpha value is -4.31. The third kappa shape index (κ3) is 14.3. The molecule has 9 nitrogen and oxygen atoms in total. The Morgan fingerprint density at radius 2 is 1.09 bits per heavy atom. The molecule has 6 N–H and O–H groups in total. The van der Waals surface area contributed by atoms with E-state index in [4.69, 9.17) is 39.4 Å². The third-order valence-corrected chi connectivity index (χ3v) is 15.9. The number of amides is 2. The number of rotatable bonds is 13. The molecular formula is C54H78Cl2N4O5. The number of methoxy groups -OCH3 is 1. The first-order valence-corrected chi connectivity index (χ1v) is 23.6. The van der Waals surface area contributed by atoms with Crippen LogP contribution in [0, 0.1) is 76.0 Å². The maximum atomic E-state index is 12.3. The molecule has 0 saturated heterocycles. The van der Waals surface area contributed by atoms with Crippen LogP contribution in [0.2, 0.25) is 10.0 Å². The number of primary amides is 2. The molecule has 6 atom stereocenters. The second-order valence-electron chi connectivity index (χ2n) is 18.8. The van der Waals surface area contributed by atoms with Gasteiger partial charge in [0.1, 0.15) is 23.9 Å². The number of ether oxygens (including phenoxy) is 1. The molecule has 11 heteroatoms. The summed E-state index contributed by atoms with van der Waals surface area (Å²) in [5.74, 6) is 1.80. The highest BCUT2D eigenvalue weighted by molar-refractivity contribution is 6.33. The Balaban J connectivity index is 0.000000407. The molecule has 4 rings (SSSR count). The Morgan fingerprint density at radius 1 is 0.692 bits per heavy atom. The van der Waals surface area contributed by atoms with Gasteiger partial charge in [0.15, 0.2) is 0 Å². The molecule has 0 bridgehead atoms. The average Bonchev–Trinajstić information content (AvgIpc) is 3.26. The van der Waals surface area contributed by atoms with E-state index in [1.807, 2.05) is 20.8 Å². The number of carbonyl (C=O) groups is 4. The van der Waals surface area contributed by atoms with Crippen LogP contribution in [-0.4, -0.2) is 49.8 Å². The van der Waals surface area contributed by atoms with Crippen LogP contribution in [0.1, 0.15) is 131 Å². The van der Waals surface area contributed by atoms with Gasteiger partial charge in [0.25, 0.3) is 0 Å². The van der Waals surface area contributed by atoms with Gasteiger partial charge in [-0.05, 0) is 148 Å². The van der Waals surface area contributed by atoms with Gasteiger partial charge in [-0.3, -0.25) is 24.2 Å². The highest BCUT2D eigenvalue weighted by Crippen LogP contribution is 2.46. The van der Waals surface area contributed by atoms with E-state index in [0.717, 1.165) is 98.0 Å². The molecule has 358 valence electrons. The van der Waals surface area contributed by atoms with Gasteiger partial charge in [-0.2, -0.15) is 0 Å². The lowest BCUT2D eigenvalue weighted by Gasteiger charge is -2.42. The zero-order valence-corrected chi connectivity index (χ0v) is 43.5. The van der Waals surface area contributed by atoms with Crippen molar-refractivity contribution >= 4 is 52.8 Å². The van der Waals surface area contributed by atoms with Crippen molar-refractivity contribution in [1.29, 1.82) is 0 Å². The van der Waals surface area contributed by atoms with Gasteiger partial charge < -0.3 is 21.9 Å². The molecule has 0 unspecified atom stereocenters. The lowest BCUT2D eigenvalue weighted by atomic mass is 9.61. The lowest BCUT2D eigenvalue weighted by Crippen LogP contribution is -2.40. The fraction of sp³-hybridized carbons (Fsp3) is 0.537. The smallest absolute Gasteiger partial charge is 0.239 e. The highest BCUT2D eigenvalue weighted by Gasteiger charge is 2.42.